The van der Waals surface area contributed by atoms with Gasteiger partial charge in [0.25, 0.3) is 0 Å². The van der Waals surface area contributed by atoms with Crippen LogP contribution >= 0.6 is 11.3 Å². The molecule has 3 nitrogen and oxygen atoms in total. The summed E-state index contributed by atoms with van der Waals surface area (Å²) in [4.78, 5) is 6.07. The quantitative estimate of drug-likeness (QED) is 0.873. The highest BCUT2D eigenvalue weighted by molar-refractivity contribution is 7.09. The molecule has 116 valence electrons. The summed E-state index contributed by atoms with van der Waals surface area (Å²) in [6.07, 6.45) is -4.88. The first-order chi connectivity index (χ1) is 9.05. The molecular weight excluding hydrogens is 287 g/mol. The first-order valence-corrected chi connectivity index (χ1v) is 7.37. The zero-order chi connectivity index (χ0) is 15.4. The number of nitrogens with one attached hydrogen (secondary N) is 1. The highest BCUT2D eigenvalue weighted by Gasteiger charge is 2.27. The lowest BCUT2D eigenvalue weighted by atomic mass is 10.1. The molecule has 1 rings (SSSR count). The van der Waals surface area contributed by atoms with E-state index in [0.717, 1.165) is 10.7 Å². The lowest BCUT2D eigenvalue weighted by Crippen LogP contribution is -2.35. The van der Waals surface area contributed by atoms with Gasteiger partial charge in [-0.25, -0.2) is 4.98 Å². The van der Waals surface area contributed by atoms with E-state index in [2.05, 4.69) is 31.1 Å². The third-order valence-electron chi connectivity index (χ3n) is 2.58. The summed E-state index contributed by atoms with van der Waals surface area (Å²) in [6.45, 7) is 7.35. The van der Waals surface area contributed by atoms with Gasteiger partial charge in [0.1, 0.15) is 5.01 Å². The van der Waals surface area contributed by atoms with Crippen LogP contribution in [0.4, 0.5) is 13.2 Å². The van der Waals surface area contributed by atoms with Gasteiger partial charge in [0.2, 0.25) is 0 Å². The summed E-state index contributed by atoms with van der Waals surface area (Å²) in [5, 5.41) is 6.20. The zero-order valence-corrected chi connectivity index (χ0v) is 13.2. The summed E-state index contributed by atoms with van der Waals surface area (Å²) in [6, 6.07) is 0. The zero-order valence-electron chi connectivity index (χ0n) is 12.3. The number of rotatable bonds is 6. The SMILES string of the molecule is CN(CCC(F)(F)F)Cc1csc(CNC(C)(C)C)n1. The van der Waals surface area contributed by atoms with Crippen LogP contribution in [0.1, 0.15) is 37.9 Å². The Hall–Kier alpha value is -0.660. The molecule has 0 fully saturated rings. The van der Waals surface area contributed by atoms with Crippen LogP contribution in [-0.4, -0.2) is 35.2 Å². The molecule has 0 atom stereocenters. The smallest absolute Gasteiger partial charge is 0.306 e. The maximum Gasteiger partial charge on any atom is 0.390 e. The summed E-state index contributed by atoms with van der Waals surface area (Å²) in [7, 11) is 1.68. The van der Waals surface area contributed by atoms with Gasteiger partial charge in [-0.05, 0) is 27.8 Å². The van der Waals surface area contributed by atoms with E-state index in [-0.39, 0.29) is 12.1 Å². The van der Waals surface area contributed by atoms with Gasteiger partial charge in [0, 0.05) is 30.6 Å². The van der Waals surface area contributed by atoms with Crippen molar-refractivity contribution in [2.75, 3.05) is 13.6 Å². The molecule has 20 heavy (non-hydrogen) atoms. The lowest BCUT2D eigenvalue weighted by Gasteiger charge is -2.19. The molecule has 0 bridgehead atoms. The molecule has 0 radical (unpaired) electrons. The average molecular weight is 309 g/mol. The van der Waals surface area contributed by atoms with E-state index in [1.807, 2.05) is 5.38 Å². The maximum absolute atomic E-state index is 12.1. The van der Waals surface area contributed by atoms with Crippen molar-refractivity contribution in [3.63, 3.8) is 0 Å². The molecular formula is C13H22F3N3S. The summed E-state index contributed by atoms with van der Waals surface area (Å²) in [5.41, 5.74) is 0.848. The van der Waals surface area contributed by atoms with E-state index in [1.165, 1.54) is 11.3 Å². The van der Waals surface area contributed by atoms with Crippen LogP contribution in [0.5, 0.6) is 0 Å². The molecule has 0 aliphatic rings. The van der Waals surface area contributed by atoms with Gasteiger partial charge >= 0.3 is 6.18 Å². The Morgan fingerprint density at radius 1 is 1.30 bits per heavy atom. The van der Waals surface area contributed by atoms with E-state index in [1.54, 1.807) is 11.9 Å². The van der Waals surface area contributed by atoms with Gasteiger partial charge in [-0.3, -0.25) is 0 Å². The molecule has 0 amide bonds. The predicted molar refractivity (Wildman–Crippen MR) is 75.7 cm³/mol. The second-order valence-electron chi connectivity index (χ2n) is 5.94. The highest BCUT2D eigenvalue weighted by Crippen LogP contribution is 2.20. The minimum Gasteiger partial charge on any atom is -0.306 e. The van der Waals surface area contributed by atoms with E-state index in [0.29, 0.717) is 13.1 Å². The van der Waals surface area contributed by atoms with E-state index in [4.69, 9.17) is 0 Å². The first kappa shape index (κ1) is 17.4. The Balaban J connectivity index is 2.40. The second kappa shape index (κ2) is 6.87. The van der Waals surface area contributed by atoms with Gasteiger partial charge in [-0.2, -0.15) is 13.2 Å². The van der Waals surface area contributed by atoms with Gasteiger partial charge < -0.3 is 10.2 Å². The Labute approximate surface area is 122 Å². The van der Waals surface area contributed by atoms with Crippen LogP contribution in [0.15, 0.2) is 5.38 Å². The van der Waals surface area contributed by atoms with E-state index >= 15 is 0 Å². The number of hydrogen-bond acceptors (Lipinski definition) is 4. The Bertz CT molecular complexity index is 410. The second-order valence-corrected chi connectivity index (χ2v) is 6.88. The average Bonchev–Trinajstić information content (AvgIpc) is 2.70. The first-order valence-electron chi connectivity index (χ1n) is 6.49. The van der Waals surface area contributed by atoms with Crippen LogP contribution in [0.25, 0.3) is 0 Å². The molecule has 0 spiro atoms. The van der Waals surface area contributed by atoms with Gasteiger partial charge in [-0.15, -0.1) is 11.3 Å². The van der Waals surface area contributed by atoms with Crippen LogP contribution < -0.4 is 5.32 Å². The molecule has 0 aliphatic carbocycles. The summed E-state index contributed by atoms with van der Waals surface area (Å²) >= 11 is 1.53. The van der Waals surface area contributed by atoms with Crippen LogP contribution in [0, 0.1) is 0 Å². The van der Waals surface area contributed by atoms with E-state index < -0.39 is 12.6 Å². The largest absolute Gasteiger partial charge is 0.390 e. The van der Waals surface area contributed by atoms with Crippen molar-refractivity contribution in [2.45, 2.75) is 52.0 Å². The minimum atomic E-state index is -4.10. The van der Waals surface area contributed by atoms with Crippen molar-refractivity contribution < 1.29 is 13.2 Å². The number of hydrogen-bond donors (Lipinski definition) is 1. The fourth-order valence-corrected chi connectivity index (χ4v) is 2.24. The molecule has 1 heterocycles. The topological polar surface area (TPSA) is 28.2 Å². The standard InChI is InChI=1S/C13H22F3N3S/c1-12(2,3)17-7-11-18-10(9-20-11)8-19(4)6-5-13(14,15)16/h9,17H,5-8H2,1-4H3. The van der Waals surface area contributed by atoms with Gasteiger partial charge in [-0.1, -0.05) is 0 Å². The molecule has 1 N–H and O–H groups in total. The van der Waals surface area contributed by atoms with Crippen molar-refractivity contribution in [3.05, 3.63) is 16.1 Å². The molecule has 0 aromatic carbocycles. The van der Waals surface area contributed by atoms with Crippen molar-refractivity contribution in [3.8, 4) is 0 Å². The summed E-state index contributed by atoms with van der Waals surface area (Å²) < 4.78 is 36.4. The van der Waals surface area contributed by atoms with Crippen molar-refractivity contribution in [1.29, 1.82) is 0 Å². The van der Waals surface area contributed by atoms with Gasteiger partial charge in [0.05, 0.1) is 12.1 Å². The van der Waals surface area contributed by atoms with Crippen molar-refractivity contribution >= 4 is 11.3 Å². The molecule has 0 saturated carbocycles. The Kier molecular flexibility index (Phi) is 5.97. The number of aromatic nitrogens is 1. The normalized spacial score (nSPS) is 13.2. The molecule has 1 aromatic heterocycles. The third-order valence-corrected chi connectivity index (χ3v) is 3.48. The van der Waals surface area contributed by atoms with Crippen LogP contribution in [0.3, 0.4) is 0 Å². The fourth-order valence-electron chi connectivity index (χ4n) is 1.52. The van der Waals surface area contributed by atoms with E-state index in [9.17, 15) is 13.2 Å². The monoisotopic (exact) mass is 309 g/mol. The Morgan fingerprint density at radius 2 is 1.95 bits per heavy atom. The maximum atomic E-state index is 12.1. The van der Waals surface area contributed by atoms with Crippen molar-refractivity contribution in [2.24, 2.45) is 0 Å². The minimum absolute atomic E-state index is 0.00337. The molecule has 1 aromatic rings. The van der Waals surface area contributed by atoms with Crippen LogP contribution in [0.2, 0.25) is 0 Å². The molecule has 7 heteroatoms. The Morgan fingerprint density at radius 3 is 2.50 bits per heavy atom. The predicted octanol–water partition coefficient (Wildman–Crippen LogP) is 3.42. The van der Waals surface area contributed by atoms with Crippen LogP contribution in [-0.2, 0) is 13.1 Å². The summed E-state index contributed by atoms with van der Waals surface area (Å²) in [5.74, 6) is 0. The van der Waals surface area contributed by atoms with Gasteiger partial charge in [0.15, 0.2) is 0 Å². The molecule has 0 unspecified atom stereocenters. The molecule has 0 saturated heterocycles. The number of nitrogens with zero attached hydrogens (tertiary/aromatic N) is 2. The molecule has 0 aliphatic heterocycles. The highest BCUT2D eigenvalue weighted by atomic mass is 32.1. The fraction of sp³-hybridized carbons (Fsp3) is 0.769. The van der Waals surface area contributed by atoms with Crippen molar-refractivity contribution in [1.82, 2.24) is 15.2 Å². The number of halogens is 3. The lowest BCUT2D eigenvalue weighted by molar-refractivity contribution is -0.137. The number of alkyl halides is 3. The third kappa shape index (κ3) is 7.81. The number of thiazole rings is 1.